The third-order valence-electron chi connectivity index (χ3n) is 5.84. The molecule has 1 N–H and O–H groups in total. The van der Waals surface area contributed by atoms with Gasteiger partial charge in [-0.3, -0.25) is 0 Å². The van der Waals surface area contributed by atoms with Gasteiger partial charge in [-0.1, -0.05) is 96.2 Å². The predicted octanol–water partition coefficient (Wildman–Crippen LogP) is 5.39. The van der Waals surface area contributed by atoms with E-state index in [1.165, 1.54) is 0 Å². The first kappa shape index (κ1) is 23.7. The van der Waals surface area contributed by atoms with Gasteiger partial charge >= 0.3 is 5.97 Å². The van der Waals surface area contributed by atoms with Crippen molar-refractivity contribution in [2.75, 3.05) is 11.9 Å². The lowest BCUT2D eigenvalue weighted by atomic mass is 9.77. The molecular formula is C28H26N4O3S. The van der Waals surface area contributed by atoms with E-state index in [1.807, 2.05) is 54.6 Å². The van der Waals surface area contributed by atoms with Gasteiger partial charge < -0.3 is 14.9 Å². The van der Waals surface area contributed by atoms with E-state index >= 15 is 0 Å². The molecule has 0 atom stereocenters. The molecule has 0 amide bonds. The van der Waals surface area contributed by atoms with Gasteiger partial charge in [0.2, 0.25) is 16.7 Å². The third-order valence-corrected chi connectivity index (χ3v) is 6.47. The fraction of sp³-hybridized carbons (Fsp3) is 0.214. The van der Waals surface area contributed by atoms with Crippen LogP contribution in [0.2, 0.25) is 0 Å². The fourth-order valence-corrected chi connectivity index (χ4v) is 4.61. The summed E-state index contributed by atoms with van der Waals surface area (Å²) in [4.78, 5) is 22.7. The number of anilines is 1. The summed E-state index contributed by atoms with van der Waals surface area (Å²) in [6, 6.07) is 30.6. The highest BCUT2D eigenvalue weighted by Gasteiger charge is 2.37. The summed E-state index contributed by atoms with van der Waals surface area (Å²) in [5, 5.41) is 8.25. The topological polar surface area (TPSA) is 85.7 Å². The zero-order valence-corrected chi connectivity index (χ0v) is 20.7. The molecule has 0 radical (unpaired) electrons. The number of esters is 1. The average Bonchev–Trinajstić information content (AvgIpc) is 3.65. The number of aromatic nitrogens is 2. The molecule has 5 rings (SSSR count). The van der Waals surface area contributed by atoms with Crippen molar-refractivity contribution in [2.45, 2.75) is 31.4 Å². The van der Waals surface area contributed by atoms with Gasteiger partial charge in [0.1, 0.15) is 11.6 Å². The van der Waals surface area contributed by atoms with E-state index in [1.54, 1.807) is 6.92 Å². The first-order valence-electron chi connectivity index (χ1n) is 11.9. The Morgan fingerprint density at radius 3 is 1.94 bits per heavy atom. The second kappa shape index (κ2) is 10.7. The largest absolute Gasteiger partial charge is 0.461 e. The SMILES string of the molecule is CCOC(=O)/C(=N\OC1CC1)c1nsc(NC(c2ccccc2)(c2ccccc2)c2ccccc2)n1. The van der Waals surface area contributed by atoms with E-state index in [9.17, 15) is 4.79 Å². The molecule has 1 aliphatic rings. The Morgan fingerprint density at radius 1 is 0.944 bits per heavy atom. The molecule has 4 aromatic rings. The zero-order valence-electron chi connectivity index (χ0n) is 19.8. The van der Waals surface area contributed by atoms with Gasteiger partial charge in [0.25, 0.3) is 0 Å². The zero-order chi connectivity index (χ0) is 24.8. The number of carbonyl (C=O) groups is 1. The number of ether oxygens (including phenoxy) is 1. The molecule has 0 saturated heterocycles. The molecule has 182 valence electrons. The monoisotopic (exact) mass is 498 g/mol. The molecule has 1 heterocycles. The molecule has 3 aromatic carbocycles. The molecule has 1 aromatic heterocycles. The quantitative estimate of drug-likeness (QED) is 0.137. The molecule has 1 aliphatic carbocycles. The van der Waals surface area contributed by atoms with Crippen molar-refractivity contribution < 1.29 is 14.4 Å². The molecular weight excluding hydrogens is 472 g/mol. The first-order valence-corrected chi connectivity index (χ1v) is 12.7. The minimum atomic E-state index is -0.758. The normalized spacial score (nSPS) is 13.8. The van der Waals surface area contributed by atoms with Crippen molar-refractivity contribution in [3.05, 3.63) is 114 Å². The highest BCUT2D eigenvalue weighted by molar-refractivity contribution is 7.09. The molecule has 0 aliphatic heterocycles. The molecule has 0 unspecified atom stereocenters. The summed E-state index contributed by atoms with van der Waals surface area (Å²) in [7, 11) is 0. The number of rotatable bonds is 10. The van der Waals surface area contributed by atoms with Crippen LogP contribution in [0.3, 0.4) is 0 Å². The van der Waals surface area contributed by atoms with Crippen molar-refractivity contribution in [1.82, 2.24) is 9.36 Å². The van der Waals surface area contributed by atoms with Crippen LogP contribution in [0.1, 0.15) is 42.3 Å². The van der Waals surface area contributed by atoms with E-state index in [0.717, 1.165) is 41.1 Å². The van der Waals surface area contributed by atoms with Crippen LogP contribution < -0.4 is 5.32 Å². The van der Waals surface area contributed by atoms with Crippen LogP contribution >= 0.6 is 11.5 Å². The third kappa shape index (κ3) is 4.99. The van der Waals surface area contributed by atoms with Gasteiger partial charge in [0.05, 0.1) is 6.61 Å². The minimum Gasteiger partial charge on any atom is -0.461 e. The lowest BCUT2D eigenvalue weighted by molar-refractivity contribution is -0.135. The lowest BCUT2D eigenvalue weighted by Gasteiger charge is -2.36. The van der Waals surface area contributed by atoms with Crippen molar-refractivity contribution >= 4 is 28.3 Å². The summed E-state index contributed by atoms with van der Waals surface area (Å²) in [6.45, 7) is 1.96. The Kier molecular flexibility index (Phi) is 7.04. The molecule has 1 saturated carbocycles. The smallest absolute Gasteiger partial charge is 0.364 e. The van der Waals surface area contributed by atoms with Crippen LogP contribution in [0, 0.1) is 0 Å². The number of oxime groups is 1. The standard InChI is InChI=1S/C28H26N4O3S/c1-2-34-26(33)24(31-35-23-18-19-23)25-29-27(36-32-25)30-28(20-12-6-3-7-13-20,21-14-8-4-9-15-21)22-16-10-5-11-17-22/h3-17,23H,2,18-19H2,1H3,(H,29,30,32)/b31-24-. The van der Waals surface area contributed by atoms with Crippen LogP contribution in [0.15, 0.2) is 96.2 Å². The Labute approximate surface area is 214 Å². The molecule has 36 heavy (non-hydrogen) atoms. The highest BCUT2D eigenvalue weighted by Crippen LogP contribution is 2.40. The molecule has 7 nitrogen and oxygen atoms in total. The maximum absolute atomic E-state index is 12.6. The minimum absolute atomic E-state index is 0.0298. The lowest BCUT2D eigenvalue weighted by Crippen LogP contribution is -2.38. The Bertz CT molecular complexity index is 1230. The van der Waals surface area contributed by atoms with Crippen LogP contribution in [-0.2, 0) is 19.9 Å². The van der Waals surface area contributed by atoms with Gasteiger partial charge in [0.15, 0.2) is 0 Å². The van der Waals surface area contributed by atoms with Crippen molar-refractivity contribution in [2.24, 2.45) is 5.16 Å². The molecule has 8 heteroatoms. The van der Waals surface area contributed by atoms with E-state index < -0.39 is 11.5 Å². The molecule has 1 fully saturated rings. The van der Waals surface area contributed by atoms with Gasteiger partial charge in [-0.2, -0.15) is 9.36 Å². The number of nitrogens with one attached hydrogen (secondary N) is 1. The summed E-state index contributed by atoms with van der Waals surface area (Å²) in [5.41, 5.74) is 2.33. The number of hydrogen-bond acceptors (Lipinski definition) is 8. The van der Waals surface area contributed by atoms with E-state index in [4.69, 9.17) is 9.57 Å². The van der Waals surface area contributed by atoms with Gasteiger partial charge in [0, 0.05) is 11.5 Å². The second-order valence-corrected chi connectivity index (χ2v) is 9.11. The Balaban J connectivity index is 1.59. The van der Waals surface area contributed by atoms with Gasteiger partial charge in [-0.25, -0.2) is 4.79 Å². The summed E-state index contributed by atoms with van der Waals surface area (Å²) < 4.78 is 9.62. The second-order valence-electron chi connectivity index (χ2n) is 8.36. The van der Waals surface area contributed by atoms with E-state index in [-0.39, 0.29) is 24.2 Å². The average molecular weight is 499 g/mol. The summed E-state index contributed by atoms with van der Waals surface area (Å²) in [5.74, 6) is -0.437. The van der Waals surface area contributed by atoms with Crippen LogP contribution in [-0.4, -0.2) is 33.7 Å². The number of hydrogen-bond donors (Lipinski definition) is 1. The Hall–Kier alpha value is -4.04. The predicted molar refractivity (Wildman–Crippen MR) is 140 cm³/mol. The highest BCUT2D eigenvalue weighted by atomic mass is 32.1. The first-order chi connectivity index (χ1) is 17.7. The van der Waals surface area contributed by atoms with E-state index in [0.29, 0.717) is 5.13 Å². The fourth-order valence-electron chi connectivity index (χ4n) is 3.98. The summed E-state index contributed by atoms with van der Waals surface area (Å²) >= 11 is 1.16. The number of carbonyl (C=O) groups excluding carboxylic acids is 1. The number of benzene rings is 3. The maximum Gasteiger partial charge on any atom is 0.364 e. The summed E-state index contributed by atoms with van der Waals surface area (Å²) in [6.07, 6.45) is 1.88. The van der Waals surface area contributed by atoms with Crippen molar-refractivity contribution in [1.29, 1.82) is 0 Å². The van der Waals surface area contributed by atoms with Crippen molar-refractivity contribution in [3.8, 4) is 0 Å². The molecule has 0 spiro atoms. The van der Waals surface area contributed by atoms with Crippen LogP contribution in [0.4, 0.5) is 5.13 Å². The Morgan fingerprint density at radius 2 is 1.47 bits per heavy atom. The van der Waals surface area contributed by atoms with Gasteiger partial charge in [-0.05, 0) is 36.5 Å². The van der Waals surface area contributed by atoms with Crippen LogP contribution in [0.25, 0.3) is 0 Å². The van der Waals surface area contributed by atoms with Crippen LogP contribution in [0.5, 0.6) is 0 Å². The number of nitrogens with zero attached hydrogens (tertiary/aromatic N) is 3. The molecule has 0 bridgehead atoms. The van der Waals surface area contributed by atoms with E-state index in [2.05, 4.69) is 56.2 Å². The van der Waals surface area contributed by atoms with Crippen molar-refractivity contribution in [3.63, 3.8) is 0 Å². The van der Waals surface area contributed by atoms with Gasteiger partial charge in [-0.15, -0.1) is 0 Å². The maximum atomic E-state index is 12.6.